The van der Waals surface area contributed by atoms with Gasteiger partial charge in [-0.25, -0.2) is 0 Å². The number of benzene rings is 1. The minimum atomic E-state index is 0.226. The maximum absolute atomic E-state index is 6.25. The van der Waals surface area contributed by atoms with Crippen LogP contribution in [0.4, 0.5) is 0 Å². The molecule has 0 spiro atoms. The quantitative estimate of drug-likeness (QED) is 0.894. The van der Waals surface area contributed by atoms with Crippen LogP contribution in [0, 0.1) is 5.92 Å². The summed E-state index contributed by atoms with van der Waals surface area (Å²) in [4.78, 5) is 6.57. The van der Waals surface area contributed by atoms with Gasteiger partial charge in [0.25, 0.3) is 0 Å². The highest BCUT2D eigenvalue weighted by atomic mass is 35.5. The molecule has 90 valence electrons. The van der Waals surface area contributed by atoms with E-state index in [-0.39, 0.29) is 6.04 Å². The summed E-state index contributed by atoms with van der Waals surface area (Å²) >= 11 is 6.25. The number of nitrogens with two attached hydrogens (primary N) is 1. The molecule has 3 nitrogen and oxygen atoms in total. The number of nitrogens with zero attached hydrogens (tertiary/aromatic N) is 2. The fourth-order valence-electron chi connectivity index (χ4n) is 2.34. The summed E-state index contributed by atoms with van der Waals surface area (Å²) in [6.07, 6.45) is 2.64. The normalized spacial score (nSPS) is 23.9. The number of aliphatic imine (C=N–C) groups is 1. The van der Waals surface area contributed by atoms with E-state index in [2.05, 4.69) is 16.0 Å². The average molecular weight is 250 g/mol. The van der Waals surface area contributed by atoms with Gasteiger partial charge in [0.2, 0.25) is 0 Å². The molecule has 1 saturated carbocycles. The fourth-order valence-corrected chi connectivity index (χ4v) is 2.60. The summed E-state index contributed by atoms with van der Waals surface area (Å²) in [5.41, 5.74) is 7.10. The minimum Gasteiger partial charge on any atom is -0.370 e. The number of guanidine groups is 1. The summed E-state index contributed by atoms with van der Waals surface area (Å²) in [5.74, 6) is 1.47. The Morgan fingerprint density at radius 1 is 1.35 bits per heavy atom. The van der Waals surface area contributed by atoms with Gasteiger partial charge in [0, 0.05) is 11.6 Å². The van der Waals surface area contributed by atoms with Gasteiger partial charge in [-0.15, -0.1) is 0 Å². The number of hydrogen-bond donors (Lipinski definition) is 1. The molecule has 1 atom stereocenters. The van der Waals surface area contributed by atoms with E-state index in [1.165, 1.54) is 12.8 Å². The van der Waals surface area contributed by atoms with Crippen LogP contribution in [-0.2, 0) is 0 Å². The minimum absolute atomic E-state index is 0.226. The molecule has 0 bridgehead atoms. The third-order valence-electron chi connectivity index (χ3n) is 3.51. The summed E-state index contributed by atoms with van der Waals surface area (Å²) in [6, 6.07) is 8.20. The van der Waals surface area contributed by atoms with E-state index < -0.39 is 0 Å². The van der Waals surface area contributed by atoms with Gasteiger partial charge in [0.05, 0.1) is 12.6 Å². The van der Waals surface area contributed by atoms with E-state index in [0.29, 0.717) is 5.96 Å². The Balaban J connectivity index is 1.84. The Morgan fingerprint density at radius 3 is 2.82 bits per heavy atom. The van der Waals surface area contributed by atoms with Crippen LogP contribution in [0.2, 0.25) is 5.02 Å². The van der Waals surface area contributed by atoms with Crippen molar-refractivity contribution in [3.63, 3.8) is 0 Å². The molecule has 0 aromatic heterocycles. The summed E-state index contributed by atoms with van der Waals surface area (Å²) < 4.78 is 0. The van der Waals surface area contributed by atoms with Crippen molar-refractivity contribution in [2.24, 2.45) is 16.6 Å². The molecule has 3 rings (SSSR count). The Morgan fingerprint density at radius 2 is 2.12 bits per heavy atom. The first-order valence-electron chi connectivity index (χ1n) is 6.06. The molecule has 2 N–H and O–H groups in total. The monoisotopic (exact) mass is 249 g/mol. The topological polar surface area (TPSA) is 41.6 Å². The van der Waals surface area contributed by atoms with Gasteiger partial charge >= 0.3 is 0 Å². The molecule has 0 saturated heterocycles. The molecular formula is C13H16ClN3. The Labute approximate surface area is 106 Å². The van der Waals surface area contributed by atoms with E-state index in [1.807, 2.05) is 18.2 Å². The second-order valence-corrected chi connectivity index (χ2v) is 5.24. The molecule has 0 amide bonds. The second kappa shape index (κ2) is 4.22. The van der Waals surface area contributed by atoms with Crippen molar-refractivity contribution in [2.45, 2.75) is 18.9 Å². The lowest BCUT2D eigenvalue weighted by Crippen LogP contribution is -2.37. The van der Waals surface area contributed by atoms with Gasteiger partial charge in [-0.2, -0.15) is 0 Å². The van der Waals surface area contributed by atoms with E-state index in [4.69, 9.17) is 17.3 Å². The van der Waals surface area contributed by atoms with Gasteiger partial charge in [-0.1, -0.05) is 29.8 Å². The lowest BCUT2D eigenvalue weighted by atomic mass is 10.1. The standard InChI is InChI=1S/C13H16ClN3/c14-11-4-2-1-3-10(11)12-7-16-13(15)17(12)8-9-5-6-9/h1-4,9,12H,5-8H2,(H2,15,16). The molecule has 1 fully saturated rings. The summed E-state index contributed by atoms with van der Waals surface area (Å²) in [7, 11) is 0. The van der Waals surface area contributed by atoms with Crippen molar-refractivity contribution in [2.75, 3.05) is 13.1 Å². The molecule has 1 heterocycles. The Hall–Kier alpha value is -1.22. The van der Waals surface area contributed by atoms with Crippen LogP contribution in [0.1, 0.15) is 24.4 Å². The largest absolute Gasteiger partial charge is 0.370 e. The average Bonchev–Trinajstić information content (AvgIpc) is 3.06. The molecular weight excluding hydrogens is 234 g/mol. The number of halogens is 1. The molecule has 2 aliphatic rings. The first kappa shape index (κ1) is 10.9. The zero-order valence-corrected chi connectivity index (χ0v) is 10.4. The lowest BCUT2D eigenvalue weighted by Gasteiger charge is -2.27. The zero-order chi connectivity index (χ0) is 11.8. The highest BCUT2D eigenvalue weighted by molar-refractivity contribution is 6.31. The van der Waals surface area contributed by atoms with E-state index in [0.717, 1.165) is 29.6 Å². The number of rotatable bonds is 3. The smallest absolute Gasteiger partial charge is 0.191 e. The van der Waals surface area contributed by atoms with E-state index >= 15 is 0 Å². The van der Waals surface area contributed by atoms with Crippen LogP contribution in [0.5, 0.6) is 0 Å². The first-order valence-corrected chi connectivity index (χ1v) is 6.44. The van der Waals surface area contributed by atoms with Crippen LogP contribution in [0.3, 0.4) is 0 Å². The molecule has 4 heteroatoms. The molecule has 1 aliphatic heterocycles. The fraction of sp³-hybridized carbons (Fsp3) is 0.462. The molecule has 1 aliphatic carbocycles. The van der Waals surface area contributed by atoms with Crippen molar-refractivity contribution >= 4 is 17.6 Å². The molecule has 1 aromatic rings. The van der Waals surface area contributed by atoms with Crippen LogP contribution in [0.15, 0.2) is 29.3 Å². The van der Waals surface area contributed by atoms with Gasteiger partial charge in [0.15, 0.2) is 5.96 Å². The van der Waals surface area contributed by atoms with Gasteiger partial charge in [0.1, 0.15) is 0 Å². The van der Waals surface area contributed by atoms with Crippen LogP contribution >= 0.6 is 11.6 Å². The van der Waals surface area contributed by atoms with E-state index in [9.17, 15) is 0 Å². The van der Waals surface area contributed by atoms with Crippen LogP contribution in [0.25, 0.3) is 0 Å². The third-order valence-corrected chi connectivity index (χ3v) is 3.86. The van der Waals surface area contributed by atoms with Crippen molar-refractivity contribution in [3.05, 3.63) is 34.9 Å². The Bertz CT molecular complexity index is 454. The van der Waals surface area contributed by atoms with Gasteiger partial charge in [-0.3, -0.25) is 4.99 Å². The van der Waals surface area contributed by atoms with Crippen molar-refractivity contribution in [1.82, 2.24) is 4.90 Å². The first-order chi connectivity index (χ1) is 8.25. The molecule has 17 heavy (non-hydrogen) atoms. The molecule has 1 unspecified atom stereocenters. The summed E-state index contributed by atoms with van der Waals surface area (Å²) in [6.45, 7) is 1.74. The van der Waals surface area contributed by atoms with Crippen LogP contribution in [-0.4, -0.2) is 23.9 Å². The zero-order valence-electron chi connectivity index (χ0n) is 9.64. The second-order valence-electron chi connectivity index (χ2n) is 4.83. The predicted octanol–water partition coefficient (Wildman–Crippen LogP) is 2.42. The lowest BCUT2D eigenvalue weighted by molar-refractivity contribution is 0.334. The number of hydrogen-bond acceptors (Lipinski definition) is 3. The van der Waals surface area contributed by atoms with E-state index in [1.54, 1.807) is 0 Å². The molecule has 1 aromatic carbocycles. The van der Waals surface area contributed by atoms with Gasteiger partial charge in [-0.05, 0) is 30.4 Å². The predicted molar refractivity (Wildman–Crippen MR) is 70.1 cm³/mol. The van der Waals surface area contributed by atoms with Crippen LogP contribution < -0.4 is 5.73 Å². The maximum atomic E-state index is 6.25. The highest BCUT2D eigenvalue weighted by Gasteiger charge is 2.33. The Kier molecular flexibility index (Phi) is 2.71. The van der Waals surface area contributed by atoms with Crippen molar-refractivity contribution < 1.29 is 0 Å². The highest BCUT2D eigenvalue weighted by Crippen LogP contribution is 2.36. The summed E-state index contributed by atoms with van der Waals surface area (Å²) in [5, 5.41) is 0.809. The van der Waals surface area contributed by atoms with Crippen molar-refractivity contribution in [1.29, 1.82) is 0 Å². The third kappa shape index (κ3) is 2.12. The van der Waals surface area contributed by atoms with Crippen molar-refractivity contribution in [3.8, 4) is 0 Å². The SMILES string of the molecule is NC1=NCC(c2ccccc2Cl)N1CC1CC1. The van der Waals surface area contributed by atoms with Gasteiger partial charge < -0.3 is 10.6 Å². The maximum Gasteiger partial charge on any atom is 0.191 e. The molecule has 0 radical (unpaired) electrons.